The first-order chi connectivity index (χ1) is 8.88. The van der Waals surface area contributed by atoms with Gasteiger partial charge in [0, 0.05) is 26.2 Å². The number of rotatable bonds is 6. The largest absolute Gasteiger partial charge is 0.316 e. The molecule has 2 aliphatic rings. The van der Waals surface area contributed by atoms with Crippen LogP contribution in [0.15, 0.2) is 0 Å². The summed E-state index contributed by atoms with van der Waals surface area (Å²) >= 11 is 0. The molecule has 0 aliphatic carbocycles. The molecule has 106 valence electrons. The highest BCUT2D eigenvalue weighted by Gasteiger charge is 2.17. The zero-order valence-corrected chi connectivity index (χ0v) is 12.2. The van der Waals surface area contributed by atoms with E-state index in [0.717, 1.165) is 5.92 Å². The second-order valence-electron chi connectivity index (χ2n) is 6.04. The van der Waals surface area contributed by atoms with Crippen molar-refractivity contribution in [3.05, 3.63) is 0 Å². The van der Waals surface area contributed by atoms with Gasteiger partial charge >= 0.3 is 0 Å². The summed E-state index contributed by atoms with van der Waals surface area (Å²) < 4.78 is 0. The van der Waals surface area contributed by atoms with Crippen LogP contribution < -0.4 is 5.32 Å². The molecule has 2 fully saturated rings. The average molecular weight is 253 g/mol. The molecule has 2 saturated heterocycles. The third kappa shape index (κ3) is 4.87. The van der Waals surface area contributed by atoms with E-state index in [0.29, 0.717) is 0 Å². The highest BCUT2D eigenvalue weighted by Crippen LogP contribution is 2.16. The van der Waals surface area contributed by atoms with Crippen LogP contribution in [0.5, 0.6) is 0 Å². The molecule has 1 atom stereocenters. The molecule has 3 heteroatoms. The van der Waals surface area contributed by atoms with Gasteiger partial charge in [0.1, 0.15) is 0 Å². The Bertz CT molecular complexity index is 206. The van der Waals surface area contributed by atoms with E-state index in [1.807, 2.05) is 0 Å². The number of hydrogen-bond donors (Lipinski definition) is 1. The molecule has 1 N–H and O–H groups in total. The molecule has 2 aliphatic heterocycles. The fourth-order valence-corrected chi connectivity index (χ4v) is 3.33. The maximum atomic E-state index is 3.52. The van der Waals surface area contributed by atoms with Gasteiger partial charge in [-0.3, -0.25) is 0 Å². The van der Waals surface area contributed by atoms with Crippen molar-refractivity contribution in [2.45, 2.75) is 39.0 Å². The van der Waals surface area contributed by atoms with Gasteiger partial charge in [-0.1, -0.05) is 6.92 Å². The molecule has 0 aromatic rings. The Labute approximate surface area is 113 Å². The van der Waals surface area contributed by atoms with Crippen molar-refractivity contribution < 1.29 is 0 Å². The van der Waals surface area contributed by atoms with Gasteiger partial charge in [-0.25, -0.2) is 0 Å². The monoisotopic (exact) mass is 253 g/mol. The lowest BCUT2D eigenvalue weighted by molar-refractivity contribution is 0.129. The SMILES string of the molecule is CCCN1CCN(CCCC2CCCNC2)CC1. The first-order valence-corrected chi connectivity index (χ1v) is 8.04. The molecule has 2 heterocycles. The van der Waals surface area contributed by atoms with Crippen LogP contribution in [-0.4, -0.2) is 62.2 Å². The summed E-state index contributed by atoms with van der Waals surface area (Å²) in [5, 5.41) is 3.52. The Hall–Kier alpha value is -0.120. The summed E-state index contributed by atoms with van der Waals surface area (Å²) in [5.41, 5.74) is 0. The zero-order chi connectivity index (χ0) is 12.6. The van der Waals surface area contributed by atoms with Crippen molar-refractivity contribution in [1.29, 1.82) is 0 Å². The molecule has 2 rings (SSSR count). The molecule has 0 spiro atoms. The van der Waals surface area contributed by atoms with Crippen molar-refractivity contribution in [3.63, 3.8) is 0 Å². The summed E-state index contributed by atoms with van der Waals surface area (Å²) in [6.07, 6.45) is 6.98. The first-order valence-electron chi connectivity index (χ1n) is 8.04. The van der Waals surface area contributed by atoms with E-state index in [9.17, 15) is 0 Å². The molecule has 0 aromatic heterocycles. The van der Waals surface area contributed by atoms with Gasteiger partial charge in [-0.2, -0.15) is 0 Å². The molecular weight excluding hydrogens is 222 g/mol. The maximum absolute atomic E-state index is 3.52. The van der Waals surface area contributed by atoms with Gasteiger partial charge < -0.3 is 15.1 Å². The van der Waals surface area contributed by atoms with E-state index in [1.165, 1.54) is 84.5 Å². The van der Waals surface area contributed by atoms with Crippen LogP contribution in [-0.2, 0) is 0 Å². The van der Waals surface area contributed by atoms with Crippen molar-refractivity contribution >= 4 is 0 Å². The summed E-state index contributed by atoms with van der Waals surface area (Å²) in [5.74, 6) is 0.958. The number of piperazine rings is 1. The molecule has 1 unspecified atom stereocenters. The second kappa shape index (κ2) is 8.13. The molecule has 0 saturated carbocycles. The van der Waals surface area contributed by atoms with Gasteiger partial charge in [0.25, 0.3) is 0 Å². The third-order valence-corrected chi connectivity index (χ3v) is 4.49. The first kappa shape index (κ1) is 14.3. The van der Waals surface area contributed by atoms with E-state index >= 15 is 0 Å². The number of piperidine rings is 1. The van der Waals surface area contributed by atoms with Gasteiger partial charge in [-0.15, -0.1) is 0 Å². The third-order valence-electron chi connectivity index (χ3n) is 4.49. The molecular formula is C15H31N3. The van der Waals surface area contributed by atoms with E-state index in [-0.39, 0.29) is 0 Å². The minimum absolute atomic E-state index is 0.958. The summed E-state index contributed by atoms with van der Waals surface area (Å²) in [6.45, 7) is 12.6. The molecule has 18 heavy (non-hydrogen) atoms. The molecule has 0 bridgehead atoms. The Kier molecular flexibility index (Phi) is 6.46. The topological polar surface area (TPSA) is 18.5 Å². The molecule has 3 nitrogen and oxygen atoms in total. The lowest BCUT2D eigenvalue weighted by Crippen LogP contribution is -2.46. The van der Waals surface area contributed by atoms with Crippen LogP contribution >= 0.6 is 0 Å². The Morgan fingerprint density at radius 3 is 2.39 bits per heavy atom. The fourth-order valence-electron chi connectivity index (χ4n) is 3.33. The number of nitrogens with one attached hydrogen (secondary N) is 1. The summed E-state index contributed by atoms with van der Waals surface area (Å²) in [6, 6.07) is 0. The van der Waals surface area contributed by atoms with Gasteiger partial charge in [0.2, 0.25) is 0 Å². The molecule has 0 amide bonds. The summed E-state index contributed by atoms with van der Waals surface area (Å²) in [4.78, 5) is 5.28. The smallest absolute Gasteiger partial charge is 0.0110 e. The van der Waals surface area contributed by atoms with Crippen molar-refractivity contribution in [2.24, 2.45) is 5.92 Å². The Morgan fingerprint density at radius 2 is 1.78 bits per heavy atom. The predicted molar refractivity (Wildman–Crippen MR) is 78.0 cm³/mol. The lowest BCUT2D eigenvalue weighted by atomic mass is 9.94. The van der Waals surface area contributed by atoms with Gasteiger partial charge in [0.05, 0.1) is 0 Å². The molecule has 0 radical (unpaired) electrons. The van der Waals surface area contributed by atoms with E-state index in [2.05, 4.69) is 22.0 Å². The van der Waals surface area contributed by atoms with E-state index < -0.39 is 0 Å². The normalized spacial score (nSPS) is 27.5. The van der Waals surface area contributed by atoms with E-state index in [4.69, 9.17) is 0 Å². The molecule has 0 aromatic carbocycles. The zero-order valence-electron chi connectivity index (χ0n) is 12.2. The highest BCUT2D eigenvalue weighted by atomic mass is 15.3. The number of hydrogen-bond acceptors (Lipinski definition) is 3. The Morgan fingerprint density at radius 1 is 1.06 bits per heavy atom. The van der Waals surface area contributed by atoms with Gasteiger partial charge in [-0.05, 0) is 64.2 Å². The maximum Gasteiger partial charge on any atom is 0.0110 e. The van der Waals surface area contributed by atoms with E-state index in [1.54, 1.807) is 0 Å². The summed E-state index contributed by atoms with van der Waals surface area (Å²) in [7, 11) is 0. The predicted octanol–water partition coefficient (Wildman–Crippen LogP) is 1.79. The number of nitrogens with zero attached hydrogens (tertiary/aromatic N) is 2. The minimum atomic E-state index is 0.958. The lowest BCUT2D eigenvalue weighted by Gasteiger charge is -2.34. The minimum Gasteiger partial charge on any atom is -0.316 e. The van der Waals surface area contributed by atoms with Crippen molar-refractivity contribution in [1.82, 2.24) is 15.1 Å². The second-order valence-corrected chi connectivity index (χ2v) is 6.04. The van der Waals surface area contributed by atoms with Crippen LogP contribution in [0.3, 0.4) is 0 Å². The van der Waals surface area contributed by atoms with Crippen molar-refractivity contribution in [2.75, 3.05) is 52.4 Å². The quantitative estimate of drug-likeness (QED) is 0.778. The Balaban J connectivity index is 1.52. The van der Waals surface area contributed by atoms with Crippen LogP contribution in [0.2, 0.25) is 0 Å². The van der Waals surface area contributed by atoms with Crippen LogP contribution in [0.1, 0.15) is 39.0 Å². The van der Waals surface area contributed by atoms with Crippen molar-refractivity contribution in [3.8, 4) is 0 Å². The average Bonchev–Trinajstić information content (AvgIpc) is 2.42. The van der Waals surface area contributed by atoms with Gasteiger partial charge in [0.15, 0.2) is 0 Å². The van der Waals surface area contributed by atoms with Crippen LogP contribution in [0, 0.1) is 5.92 Å². The standard InChI is InChI=1S/C15H31N3/c1-2-8-17-10-12-18(13-11-17)9-4-6-15-5-3-7-16-14-15/h15-16H,2-14H2,1H3. The fraction of sp³-hybridized carbons (Fsp3) is 1.00. The van der Waals surface area contributed by atoms with Crippen LogP contribution in [0.4, 0.5) is 0 Å². The highest BCUT2D eigenvalue weighted by molar-refractivity contribution is 4.73. The van der Waals surface area contributed by atoms with Crippen LogP contribution in [0.25, 0.3) is 0 Å².